The lowest BCUT2D eigenvalue weighted by atomic mass is 10.1. The highest BCUT2D eigenvalue weighted by atomic mass is 19.2. The van der Waals surface area contributed by atoms with Crippen LogP contribution in [0.3, 0.4) is 0 Å². The lowest BCUT2D eigenvalue weighted by Crippen LogP contribution is -2.18. The Hall–Kier alpha value is -2.90. The molecule has 2 aromatic rings. The molecule has 25 heavy (non-hydrogen) atoms. The summed E-state index contributed by atoms with van der Waals surface area (Å²) in [5.74, 6) is -11.0. The number of benzene rings is 2. The van der Waals surface area contributed by atoms with E-state index in [1.807, 2.05) is 0 Å². The molecule has 1 heterocycles. The lowest BCUT2D eigenvalue weighted by Gasteiger charge is -2.17. The van der Waals surface area contributed by atoms with Gasteiger partial charge in [0, 0.05) is 5.56 Å². The van der Waals surface area contributed by atoms with Crippen molar-refractivity contribution in [3.8, 4) is 5.75 Å². The third-order valence-electron chi connectivity index (χ3n) is 3.54. The minimum Gasteiger partial charge on any atom is -0.488 e. The summed E-state index contributed by atoms with van der Waals surface area (Å²) in [6.45, 7) is -1.25. The highest BCUT2D eigenvalue weighted by molar-refractivity contribution is 5.95. The van der Waals surface area contributed by atoms with Crippen molar-refractivity contribution >= 4 is 12.0 Å². The molecule has 1 aliphatic rings. The van der Waals surface area contributed by atoms with Gasteiger partial charge in [-0.25, -0.2) is 26.7 Å². The zero-order valence-corrected chi connectivity index (χ0v) is 12.4. The van der Waals surface area contributed by atoms with Crippen LogP contribution in [0.2, 0.25) is 0 Å². The zero-order chi connectivity index (χ0) is 18.1. The smallest absolute Gasteiger partial charge is 0.337 e. The Morgan fingerprint density at radius 2 is 1.56 bits per heavy atom. The molecule has 0 N–H and O–H groups in total. The molecule has 2 aromatic carbocycles. The van der Waals surface area contributed by atoms with Gasteiger partial charge >= 0.3 is 5.97 Å². The van der Waals surface area contributed by atoms with E-state index in [9.17, 15) is 26.7 Å². The van der Waals surface area contributed by atoms with Gasteiger partial charge in [0.25, 0.3) is 0 Å². The van der Waals surface area contributed by atoms with Crippen molar-refractivity contribution in [3.05, 3.63) is 70.1 Å². The van der Waals surface area contributed by atoms with Crippen LogP contribution in [0, 0.1) is 29.1 Å². The molecule has 0 aromatic heterocycles. The fourth-order valence-corrected chi connectivity index (χ4v) is 2.24. The van der Waals surface area contributed by atoms with Gasteiger partial charge in [0.2, 0.25) is 5.82 Å². The fraction of sp³-hybridized carbons (Fsp3) is 0.118. The molecule has 0 atom stereocenters. The maximum Gasteiger partial charge on any atom is 0.337 e. The van der Waals surface area contributed by atoms with E-state index in [-0.39, 0.29) is 12.2 Å². The van der Waals surface area contributed by atoms with Crippen molar-refractivity contribution in [2.75, 3.05) is 6.61 Å². The number of hydrogen-bond acceptors (Lipinski definition) is 3. The Labute approximate surface area is 138 Å². The largest absolute Gasteiger partial charge is 0.488 e. The highest BCUT2D eigenvalue weighted by Crippen LogP contribution is 2.27. The Bertz CT molecular complexity index is 863. The molecule has 0 bridgehead atoms. The van der Waals surface area contributed by atoms with Gasteiger partial charge in [0.1, 0.15) is 19.0 Å². The molecule has 130 valence electrons. The first-order valence-electron chi connectivity index (χ1n) is 7.00. The number of para-hydroxylation sites is 1. The first-order chi connectivity index (χ1) is 11.9. The maximum absolute atomic E-state index is 13.5. The molecular formula is C17H9F5O3. The number of esters is 1. The summed E-state index contributed by atoms with van der Waals surface area (Å²) in [6.07, 6.45) is 1.46. The van der Waals surface area contributed by atoms with Gasteiger partial charge < -0.3 is 9.47 Å². The summed E-state index contributed by atoms with van der Waals surface area (Å²) in [5.41, 5.74) is -0.581. The van der Waals surface area contributed by atoms with Gasteiger partial charge in [0.05, 0.1) is 11.1 Å². The van der Waals surface area contributed by atoms with Crippen LogP contribution < -0.4 is 4.74 Å². The zero-order valence-electron chi connectivity index (χ0n) is 12.4. The van der Waals surface area contributed by atoms with Gasteiger partial charge in [-0.3, -0.25) is 0 Å². The molecule has 0 fully saturated rings. The number of fused-ring (bicyclic) bond motifs is 1. The molecule has 3 rings (SSSR count). The number of halogens is 5. The van der Waals surface area contributed by atoms with Gasteiger partial charge in [-0.05, 0) is 12.1 Å². The summed E-state index contributed by atoms with van der Waals surface area (Å²) in [4.78, 5) is 12.0. The van der Waals surface area contributed by atoms with Crippen LogP contribution in [0.5, 0.6) is 5.75 Å². The lowest BCUT2D eigenvalue weighted by molar-refractivity contribution is -0.140. The van der Waals surface area contributed by atoms with Crippen molar-refractivity contribution in [2.45, 2.75) is 6.61 Å². The summed E-state index contributed by atoms with van der Waals surface area (Å²) in [5, 5.41) is 0. The van der Waals surface area contributed by atoms with E-state index >= 15 is 0 Å². The van der Waals surface area contributed by atoms with Crippen molar-refractivity contribution in [1.29, 1.82) is 0 Å². The average molecular weight is 356 g/mol. The van der Waals surface area contributed by atoms with Crippen LogP contribution in [-0.2, 0) is 16.1 Å². The molecule has 0 amide bonds. The minimum atomic E-state index is -2.27. The second-order valence-corrected chi connectivity index (χ2v) is 5.12. The van der Waals surface area contributed by atoms with Crippen LogP contribution >= 0.6 is 0 Å². The predicted octanol–water partition coefficient (Wildman–Crippen LogP) is 3.90. The Morgan fingerprint density at radius 1 is 0.960 bits per heavy atom. The number of ether oxygens (including phenoxy) is 2. The van der Waals surface area contributed by atoms with Crippen LogP contribution in [0.1, 0.15) is 11.1 Å². The van der Waals surface area contributed by atoms with Gasteiger partial charge in [-0.1, -0.05) is 18.2 Å². The summed E-state index contributed by atoms with van der Waals surface area (Å²) < 4.78 is 76.3. The summed E-state index contributed by atoms with van der Waals surface area (Å²) >= 11 is 0. The molecule has 0 radical (unpaired) electrons. The number of hydrogen-bond donors (Lipinski definition) is 0. The molecule has 0 saturated carbocycles. The van der Waals surface area contributed by atoms with Crippen LogP contribution in [0.15, 0.2) is 29.8 Å². The van der Waals surface area contributed by atoms with Crippen molar-refractivity contribution < 1.29 is 36.2 Å². The van der Waals surface area contributed by atoms with Gasteiger partial charge in [-0.15, -0.1) is 0 Å². The molecule has 0 aliphatic carbocycles. The van der Waals surface area contributed by atoms with E-state index in [0.29, 0.717) is 11.3 Å². The van der Waals surface area contributed by atoms with E-state index in [1.165, 1.54) is 6.08 Å². The van der Waals surface area contributed by atoms with Gasteiger partial charge in [-0.2, -0.15) is 0 Å². The van der Waals surface area contributed by atoms with E-state index in [1.54, 1.807) is 24.3 Å². The second-order valence-electron chi connectivity index (χ2n) is 5.12. The van der Waals surface area contributed by atoms with E-state index in [2.05, 4.69) is 4.74 Å². The normalized spacial score (nSPS) is 12.9. The predicted molar refractivity (Wildman–Crippen MR) is 75.9 cm³/mol. The molecule has 3 nitrogen and oxygen atoms in total. The molecular weight excluding hydrogens is 347 g/mol. The monoisotopic (exact) mass is 356 g/mol. The highest BCUT2D eigenvalue weighted by Gasteiger charge is 2.27. The molecule has 1 aliphatic heterocycles. The average Bonchev–Trinajstić information content (AvgIpc) is 2.64. The first-order valence-corrected chi connectivity index (χ1v) is 7.00. The summed E-state index contributed by atoms with van der Waals surface area (Å²) in [7, 11) is 0. The van der Waals surface area contributed by atoms with E-state index < -0.39 is 47.2 Å². The number of carbonyl (C=O) groups is 1. The molecule has 0 saturated heterocycles. The minimum absolute atomic E-state index is 0.0440. The quantitative estimate of drug-likeness (QED) is 0.362. The van der Waals surface area contributed by atoms with E-state index in [4.69, 9.17) is 4.74 Å². The third kappa shape index (κ3) is 3.07. The Balaban J connectivity index is 1.79. The second kappa shape index (κ2) is 6.54. The fourth-order valence-electron chi connectivity index (χ4n) is 2.24. The standard InChI is InChI=1S/C17H9F5O3/c18-12-10(13(19)15(21)16(22)14(12)20)7-25-17(23)9-5-8-3-1-2-4-11(8)24-6-9/h1-5H,6-7H2. The maximum atomic E-state index is 13.5. The van der Waals surface area contributed by atoms with Crippen LogP contribution in [0.25, 0.3) is 6.08 Å². The number of rotatable bonds is 3. The Morgan fingerprint density at radius 3 is 2.24 bits per heavy atom. The third-order valence-corrected chi connectivity index (χ3v) is 3.54. The summed E-state index contributed by atoms with van der Waals surface area (Å²) in [6, 6.07) is 6.80. The Kier molecular flexibility index (Phi) is 4.43. The van der Waals surface area contributed by atoms with Crippen molar-refractivity contribution in [1.82, 2.24) is 0 Å². The first kappa shape index (κ1) is 16.9. The van der Waals surface area contributed by atoms with Gasteiger partial charge in [0.15, 0.2) is 23.3 Å². The van der Waals surface area contributed by atoms with Crippen molar-refractivity contribution in [3.63, 3.8) is 0 Å². The molecule has 8 heteroatoms. The topological polar surface area (TPSA) is 35.5 Å². The van der Waals surface area contributed by atoms with Crippen LogP contribution in [-0.4, -0.2) is 12.6 Å². The van der Waals surface area contributed by atoms with E-state index in [0.717, 1.165) is 0 Å². The van der Waals surface area contributed by atoms with Crippen LogP contribution in [0.4, 0.5) is 22.0 Å². The van der Waals surface area contributed by atoms with Crippen molar-refractivity contribution in [2.24, 2.45) is 0 Å². The SMILES string of the molecule is O=C(OCc1c(F)c(F)c(F)c(F)c1F)C1=Cc2ccccc2OC1. The molecule has 0 spiro atoms. The number of carbonyl (C=O) groups excluding carboxylic acids is 1. The molecule has 0 unspecified atom stereocenters.